The Morgan fingerprint density at radius 3 is 2.46 bits per heavy atom. The summed E-state index contributed by atoms with van der Waals surface area (Å²) in [4.78, 5) is 46.4. The van der Waals surface area contributed by atoms with Crippen LogP contribution >= 0.6 is 0 Å². The zero-order valence-electron chi connectivity index (χ0n) is 29.4. The van der Waals surface area contributed by atoms with E-state index in [9.17, 15) is 14.4 Å². The van der Waals surface area contributed by atoms with E-state index < -0.39 is 58.6 Å². The molecule has 0 saturated carbocycles. The number of aryl methyl sites for hydroxylation is 1. The number of Topliss-reactive ketones (excluding diaryl/α,β-unsaturated/α-hetero) is 1. The fourth-order valence-corrected chi connectivity index (χ4v) is 7.26. The van der Waals surface area contributed by atoms with Crippen LogP contribution in [0.25, 0.3) is 11.4 Å². The number of nitrogens with zero attached hydrogens (tertiary/aromatic N) is 5. The highest BCUT2D eigenvalue weighted by atomic mass is 19.1. The van der Waals surface area contributed by atoms with Gasteiger partial charge in [0.25, 0.3) is 5.67 Å². The lowest BCUT2D eigenvalue weighted by molar-refractivity contribution is -0.179. The summed E-state index contributed by atoms with van der Waals surface area (Å²) in [6.07, 6.45) is 3.94. The normalized spacial score (nSPS) is 35.4. The Morgan fingerprint density at radius 2 is 1.81 bits per heavy atom. The molecule has 0 aromatic carbocycles. The van der Waals surface area contributed by atoms with E-state index >= 15 is 4.39 Å². The lowest BCUT2D eigenvalue weighted by Gasteiger charge is -2.41. The van der Waals surface area contributed by atoms with Crippen molar-refractivity contribution in [3.8, 4) is 11.4 Å². The molecule has 14 heteroatoms. The van der Waals surface area contributed by atoms with Gasteiger partial charge in [0.15, 0.2) is 11.4 Å². The van der Waals surface area contributed by atoms with E-state index in [2.05, 4.69) is 20.6 Å². The van der Waals surface area contributed by atoms with E-state index in [1.54, 1.807) is 36.5 Å². The van der Waals surface area contributed by atoms with Crippen LogP contribution in [0, 0.1) is 11.8 Å². The van der Waals surface area contributed by atoms with Crippen LogP contribution in [-0.4, -0.2) is 106 Å². The lowest BCUT2D eigenvalue weighted by atomic mass is 9.62. The van der Waals surface area contributed by atoms with Gasteiger partial charge >= 0.3 is 12.1 Å². The molecule has 4 heterocycles. The summed E-state index contributed by atoms with van der Waals surface area (Å²) in [5.74, 6) is -4.25. The number of alkyl halides is 1. The van der Waals surface area contributed by atoms with Crippen molar-refractivity contribution >= 4 is 25.7 Å². The number of ether oxygens (including phenoxy) is 3. The Hall–Kier alpha value is -3.39. The Bertz CT molecular complexity index is 1430. The average Bonchev–Trinajstić information content (AvgIpc) is 3.64. The first-order valence-corrected chi connectivity index (χ1v) is 16.9. The third kappa shape index (κ3) is 7.59. The Morgan fingerprint density at radius 1 is 1.10 bits per heavy atom. The van der Waals surface area contributed by atoms with Gasteiger partial charge in [0.1, 0.15) is 11.8 Å². The van der Waals surface area contributed by atoms with Gasteiger partial charge < -0.3 is 19.5 Å². The maximum Gasteiger partial charge on any atom is 0.410 e. The van der Waals surface area contributed by atoms with Crippen LogP contribution in [0.4, 0.5) is 9.18 Å². The number of aromatic nitrogens is 4. The van der Waals surface area contributed by atoms with Gasteiger partial charge in [-0.25, -0.2) is 14.0 Å². The molecule has 12 nitrogen and oxygen atoms in total. The molecule has 48 heavy (non-hydrogen) atoms. The molecular weight excluding hydrogens is 618 g/mol. The summed E-state index contributed by atoms with van der Waals surface area (Å²) in [6, 6.07) is 4.69. The largest absolute Gasteiger partial charge is 0.455 e. The molecule has 2 saturated heterocycles. The zero-order valence-corrected chi connectivity index (χ0v) is 29.4. The molecule has 2 aliphatic rings. The number of carbonyl (C=O) groups is 3. The number of ketones is 1. The highest BCUT2D eigenvalue weighted by molar-refractivity contribution is 6.17. The van der Waals surface area contributed by atoms with Crippen LogP contribution in [0.5, 0.6) is 0 Å². The van der Waals surface area contributed by atoms with Crippen molar-refractivity contribution in [2.75, 3.05) is 20.2 Å². The van der Waals surface area contributed by atoms with Gasteiger partial charge in [-0.15, -0.1) is 5.10 Å². The predicted octanol–water partition coefficient (Wildman–Crippen LogP) is 4.34. The maximum absolute atomic E-state index is 16.2. The van der Waals surface area contributed by atoms with Crippen molar-refractivity contribution in [3.05, 3.63) is 30.6 Å². The van der Waals surface area contributed by atoms with Crippen molar-refractivity contribution in [2.45, 2.75) is 122 Å². The standard InChI is InChI=1S/C34H50BFN6O6/c1-9-26-34(7)28(42(31(45)48-34)17-13-12-16-41-20-25(39-40-41)24-14-10-11-15-37-24)23(4)38-19-21(2)18-32(5,46-8)27(35)22(3)29(43)33(6,36)30(44)47-26/h10-11,14-15,20-23,26-28,38H,9,12-13,16-19H2,1-8H3/t21-,22+,23-,26-,27-,28-,32-,33+,34-/m1/s1. The summed E-state index contributed by atoms with van der Waals surface area (Å²) in [5.41, 5.74) is -3.91. The molecule has 4 rings (SSSR count). The number of amides is 1. The molecule has 0 aliphatic carbocycles. The molecule has 2 aliphatic heterocycles. The first kappa shape index (κ1) is 37.4. The molecular formula is C34H50BFN6O6. The smallest absolute Gasteiger partial charge is 0.410 e. The van der Waals surface area contributed by atoms with Gasteiger partial charge in [0.2, 0.25) is 0 Å². The monoisotopic (exact) mass is 668 g/mol. The molecule has 9 atom stereocenters. The Kier molecular flexibility index (Phi) is 11.7. The number of unbranched alkanes of at least 4 members (excludes halogenated alkanes) is 1. The van der Waals surface area contributed by atoms with E-state index in [1.807, 2.05) is 38.2 Å². The second kappa shape index (κ2) is 15.0. The molecule has 2 aromatic rings. The van der Waals surface area contributed by atoms with Crippen LogP contribution in [0.3, 0.4) is 0 Å². The van der Waals surface area contributed by atoms with Gasteiger partial charge in [-0.05, 0) is 83.8 Å². The van der Waals surface area contributed by atoms with Crippen LogP contribution in [0.2, 0.25) is 5.82 Å². The number of hydrogen-bond acceptors (Lipinski definition) is 10. The highest BCUT2D eigenvalue weighted by Crippen LogP contribution is 2.41. The van der Waals surface area contributed by atoms with E-state index in [4.69, 9.17) is 22.1 Å². The highest BCUT2D eigenvalue weighted by Gasteiger charge is 2.59. The summed E-state index contributed by atoms with van der Waals surface area (Å²) in [5, 5.41) is 12.0. The quantitative estimate of drug-likeness (QED) is 0.187. The number of hydrogen-bond donors (Lipinski definition) is 1. The number of nitrogens with one attached hydrogen (secondary N) is 1. The van der Waals surface area contributed by atoms with Crippen LogP contribution in [0.1, 0.15) is 74.1 Å². The molecule has 2 radical (unpaired) electrons. The minimum Gasteiger partial charge on any atom is -0.455 e. The number of rotatable bonds is 8. The van der Waals surface area contributed by atoms with E-state index in [0.29, 0.717) is 44.6 Å². The topological polar surface area (TPSA) is 138 Å². The van der Waals surface area contributed by atoms with Gasteiger partial charge in [-0.3, -0.25) is 19.4 Å². The second-order valence-corrected chi connectivity index (χ2v) is 14.0. The number of cyclic esters (lactones) is 1. The second-order valence-electron chi connectivity index (χ2n) is 14.0. The molecule has 0 spiro atoms. The number of pyridine rings is 1. The molecule has 2 fully saturated rings. The summed E-state index contributed by atoms with van der Waals surface area (Å²) >= 11 is 0. The maximum atomic E-state index is 16.2. The molecule has 262 valence electrons. The van der Waals surface area contributed by atoms with Crippen molar-refractivity contribution in [1.82, 2.24) is 30.2 Å². The summed E-state index contributed by atoms with van der Waals surface area (Å²) in [7, 11) is 8.05. The number of methoxy groups -OCH3 is 1. The van der Waals surface area contributed by atoms with E-state index in [-0.39, 0.29) is 18.4 Å². The molecule has 2 aromatic heterocycles. The molecule has 1 N–H and O–H groups in total. The minimum atomic E-state index is -2.99. The lowest BCUT2D eigenvalue weighted by Crippen LogP contribution is -2.61. The fraction of sp³-hybridized carbons (Fsp3) is 0.706. The molecule has 1 amide bonds. The van der Waals surface area contributed by atoms with Crippen molar-refractivity contribution in [1.29, 1.82) is 0 Å². The zero-order chi connectivity index (χ0) is 35.4. The Balaban J connectivity index is 1.57. The number of fused-ring (bicyclic) bond motifs is 1. The number of carbonyl (C=O) groups excluding carboxylic acids is 3. The number of halogens is 1. The number of esters is 1. The third-order valence-electron chi connectivity index (χ3n) is 10.2. The molecule has 0 bridgehead atoms. The van der Waals surface area contributed by atoms with E-state index in [1.165, 1.54) is 14.0 Å². The average molecular weight is 669 g/mol. The predicted molar refractivity (Wildman–Crippen MR) is 178 cm³/mol. The SMILES string of the molecule is [B][C@@H]1[C@H](C)C(=O)[C@](C)(F)C(=O)O[C@H](CC)[C@@]2(C)OC(=O)N(CCCCn3cc(-c4ccccn4)nn3)[C@@H]2[C@@H](C)NC[C@H](C)C[C@@]1(C)OC. The third-order valence-corrected chi connectivity index (χ3v) is 10.2. The van der Waals surface area contributed by atoms with Crippen molar-refractivity contribution < 1.29 is 33.0 Å². The summed E-state index contributed by atoms with van der Waals surface area (Å²) < 4.78 is 35.5. The van der Waals surface area contributed by atoms with Crippen LogP contribution in [0.15, 0.2) is 30.6 Å². The van der Waals surface area contributed by atoms with Crippen LogP contribution in [-0.2, 0) is 30.3 Å². The van der Waals surface area contributed by atoms with Gasteiger partial charge in [-0.1, -0.05) is 32.1 Å². The van der Waals surface area contributed by atoms with E-state index in [0.717, 1.165) is 12.6 Å². The van der Waals surface area contributed by atoms with Gasteiger partial charge in [-0.2, -0.15) is 0 Å². The van der Waals surface area contributed by atoms with Crippen LogP contribution < -0.4 is 5.32 Å². The first-order valence-electron chi connectivity index (χ1n) is 16.9. The summed E-state index contributed by atoms with van der Waals surface area (Å²) in [6.45, 7) is 13.1. The minimum absolute atomic E-state index is 0.0175. The Labute approximate surface area is 284 Å². The first-order chi connectivity index (χ1) is 22.6. The fourth-order valence-electron chi connectivity index (χ4n) is 7.26. The van der Waals surface area contributed by atoms with Gasteiger partial charge in [0.05, 0.1) is 31.4 Å². The van der Waals surface area contributed by atoms with Gasteiger partial charge in [0, 0.05) is 38.4 Å². The van der Waals surface area contributed by atoms with Crippen molar-refractivity contribution in [3.63, 3.8) is 0 Å². The molecule has 0 unspecified atom stereocenters. The van der Waals surface area contributed by atoms with Crippen molar-refractivity contribution in [2.24, 2.45) is 11.8 Å².